The highest BCUT2D eigenvalue weighted by Gasteiger charge is 2.31. The van der Waals surface area contributed by atoms with Crippen molar-refractivity contribution >= 4 is 0 Å². The summed E-state index contributed by atoms with van der Waals surface area (Å²) in [5, 5.41) is 0. The average Bonchev–Trinajstić information content (AvgIpc) is 2.60. The number of benzene rings is 1. The van der Waals surface area contributed by atoms with Crippen molar-refractivity contribution in [1.29, 1.82) is 0 Å². The zero-order valence-electron chi connectivity index (χ0n) is 15.5. The van der Waals surface area contributed by atoms with E-state index in [0.717, 1.165) is 17.8 Å². The van der Waals surface area contributed by atoms with E-state index in [9.17, 15) is 0 Å². The van der Waals surface area contributed by atoms with E-state index in [1.54, 1.807) is 11.1 Å². The van der Waals surface area contributed by atoms with Crippen molar-refractivity contribution in [3.8, 4) is 0 Å². The molecule has 0 aliphatic heterocycles. The quantitative estimate of drug-likeness (QED) is 0.656. The van der Waals surface area contributed by atoms with Gasteiger partial charge in [-0.3, -0.25) is 0 Å². The first-order chi connectivity index (χ1) is 11.1. The molecule has 128 valence electrons. The fourth-order valence-electron chi connectivity index (χ4n) is 5.12. The lowest BCUT2D eigenvalue weighted by molar-refractivity contribution is 0.0410. The third-order valence-electron chi connectivity index (χ3n) is 7.03. The van der Waals surface area contributed by atoms with Crippen LogP contribution >= 0.6 is 0 Å². The molecule has 23 heavy (non-hydrogen) atoms. The highest BCUT2D eigenvalue weighted by Crippen LogP contribution is 2.44. The van der Waals surface area contributed by atoms with Gasteiger partial charge in [-0.2, -0.15) is 0 Å². The van der Waals surface area contributed by atoms with E-state index in [4.69, 9.17) is 4.74 Å². The van der Waals surface area contributed by atoms with Gasteiger partial charge in [0.25, 0.3) is 0 Å². The first kappa shape index (κ1) is 17.0. The monoisotopic (exact) mass is 314 g/mol. The fourth-order valence-corrected chi connectivity index (χ4v) is 5.12. The molecular formula is C22H34O. The maximum Gasteiger partial charge on any atom is 0.0571 e. The number of ether oxygens (including phenoxy) is 1. The minimum atomic E-state index is 0.542. The van der Waals surface area contributed by atoms with Crippen LogP contribution in [0.3, 0.4) is 0 Å². The van der Waals surface area contributed by atoms with E-state index in [1.807, 2.05) is 7.11 Å². The summed E-state index contributed by atoms with van der Waals surface area (Å²) in [5.74, 6) is 2.76. The van der Waals surface area contributed by atoms with Crippen LogP contribution in [0, 0.1) is 32.6 Å². The van der Waals surface area contributed by atoms with E-state index in [-0.39, 0.29) is 0 Å². The van der Waals surface area contributed by atoms with Crippen LogP contribution in [-0.2, 0) is 4.74 Å². The molecule has 2 saturated carbocycles. The molecule has 0 unspecified atom stereocenters. The highest BCUT2D eigenvalue weighted by atomic mass is 16.5. The molecule has 2 aliphatic carbocycles. The maximum absolute atomic E-state index is 5.54. The summed E-state index contributed by atoms with van der Waals surface area (Å²) in [5.41, 5.74) is 6.13. The number of hydrogen-bond donors (Lipinski definition) is 0. The molecule has 1 aromatic carbocycles. The normalized spacial score (nSPS) is 32.0. The Morgan fingerprint density at radius 1 is 0.739 bits per heavy atom. The first-order valence-electron chi connectivity index (χ1n) is 9.69. The Hall–Kier alpha value is -0.820. The van der Waals surface area contributed by atoms with E-state index >= 15 is 0 Å². The minimum Gasteiger partial charge on any atom is -0.381 e. The Morgan fingerprint density at radius 2 is 1.30 bits per heavy atom. The fraction of sp³-hybridized carbons (Fsp3) is 0.727. The lowest BCUT2D eigenvalue weighted by Crippen LogP contribution is -2.28. The molecule has 0 bridgehead atoms. The molecule has 0 amide bonds. The predicted octanol–water partition coefficient (Wildman–Crippen LogP) is 6.09. The Balaban J connectivity index is 1.58. The molecule has 1 nitrogen and oxygen atoms in total. The van der Waals surface area contributed by atoms with Crippen LogP contribution in [0.25, 0.3) is 0 Å². The van der Waals surface area contributed by atoms with Gasteiger partial charge in [-0.15, -0.1) is 0 Å². The van der Waals surface area contributed by atoms with Crippen LogP contribution in [0.5, 0.6) is 0 Å². The minimum absolute atomic E-state index is 0.542. The molecule has 0 aromatic heterocycles. The van der Waals surface area contributed by atoms with Gasteiger partial charge >= 0.3 is 0 Å². The first-order valence-corrected chi connectivity index (χ1v) is 9.69. The second-order valence-corrected chi connectivity index (χ2v) is 8.11. The number of aryl methyl sites for hydroxylation is 1. The second kappa shape index (κ2) is 7.38. The molecule has 1 aromatic rings. The summed E-state index contributed by atoms with van der Waals surface area (Å²) in [6.07, 6.45) is 11.6. The van der Waals surface area contributed by atoms with Gasteiger partial charge < -0.3 is 4.74 Å². The molecular weight excluding hydrogens is 280 g/mol. The predicted molar refractivity (Wildman–Crippen MR) is 98.1 cm³/mol. The highest BCUT2D eigenvalue weighted by molar-refractivity contribution is 5.40. The van der Waals surface area contributed by atoms with Crippen molar-refractivity contribution in [1.82, 2.24) is 0 Å². The molecule has 2 fully saturated rings. The van der Waals surface area contributed by atoms with Gasteiger partial charge in [-0.05, 0) is 112 Å². The summed E-state index contributed by atoms with van der Waals surface area (Å²) in [6, 6.07) is 4.74. The van der Waals surface area contributed by atoms with Gasteiger partial charge in [0.05, 0.1) is 6.10 Å². The molecule has 0 spiro atoms. The summed E-state index contributed by atoms with van der Waals surface area (Å²) in [7, 11) is 1.88. The molecule has 0 saturated heterocycles. The van der Waals surface area contributed by atoms with Gasteiger partial charge in [0.2, 0.25) is 0 Å². The average molecular weight is 315 g/mol. The zero-order chi connectivity index (χ0) is 16.4. The maximum atomic E-state index is 5.54. The Morgan fingerprint density at radius 3 is 1.87 bits per heavy atom. The lowest BCUT2D eigenvalue weighted by Gasteiger charge is -2.38. The van der Waals surface area contributed by atoms with Gasteiger partial charge in [0.1, 0.15) is 0 Å². The Bertz CT molecular complexity index is 517. The van der Waals surface area contributed by atoms with Crippen molar-refractivity contribution in [3.05, 3.63) is 34.4 Å². The molecule has 0 N–H and O–H groups in total. The van der Waals surface area contributed by atoms with Crippen molar-refractivity contribution < 1.29 is 4.74 Å². The zero-order valence-corrected chi connectivity index (χ0v) is 15.5. The van der Waals surface area contributed by atoms with Gasteiger partial charge in [-0.1, -0.05) is 12.1 Å². The van der Waals surface area contributed by atoms with Gasteiger partial charge in [0, 0.05) is 7.11 Å². The van der Waals surface area contributed by atoms with Crippen molar-refractivity contribution in [2.24, 2.45) is 11.8 Å². The van der Waals surface area contributed by atoms with E-state index in [0.29, 0.717) is 6.10 Å². The second-order valence-electron chi connectivity index (χ2n) is 8.11. The molecule has 1 heteroatoms. The lowest BCUT2D eigenvalue weighted by atomic mass is 9.69. The third-order valence-corrected chi connectivity index (χ3v) is 7.03. The summed E-state index contributed by atoms with van der Waals surface area (Å²) in [4.78, 5) is 0. The van der Waals surface area contributed by atoms with Crippen LogP contribution in [0.4, 0.5) is 0 Å². The van der Waals surface area contributed by atoms with E-state index < -0.39 is 0 Å². The van der Waals surface area contributed by atoms with Crippen LogP contribution in [0.1, 0.15) is 79.5 Å². The van der Waals surface area contributed by atoms with Crippen molar-refractivity contribution in [2.75, 3.05) is 7.11 Å². The topological polar surface area (TPSA) is 9.23 Å². The van der Waals surface area contributed by atoms with Crippen LogP contribution < -0.4 is 0 Å². The standard InChI is InChI=1S/C22H34O/c1-15-5-14-22(17(3)16(15)2)20-8-6-18(7-9-20)19-10-12-21(23-4)13-11-19/h5,14,18-21H,6-13H2,1-4H3. The summed E-state index contributed by atoms with van der Waals surface area (Å²) >= 11 is 0. The number of rotatable bonds is 3. The van der Waals surface area contributed by atoms with Crippen molar-refractivity contribution in [3.63, 3.8) is 0 Å². The smallest absolute Gasteiger partial charge is 0.0571 e. The largest absolute Gasteiger partial charge is 0.381 e. The number of methoxy groups -OCH3 is 1. The molecule has 0 radical (unpaired) electrons. The molecule has 0 atom stereocenters. The Kier molecular flexibility index (Phi) is 5.46. The molecule has 0 heterocycles. The summed E-state index contributed by atoms with van der Waals surface area (Å²) in [6.45, 7) is 6.85. The van der Waals surface area contributed by atoms with Gasteiger partial charge in [0.15, 0.2) is 0 Å². The summed E-state index contributed by atoms with van der Waals surface area (Å²) < 4.78 is 5.54. The van der Waals surface area contributed by atoms with Crippen LogP contribution in [0.2, 0.25) is 0 Å². The van der Waals surface area contributed by atoms with E-state index in [2.05, 4.69) is 32.9 Å². The van der Waals surface area contributed by atoms with Crippen LogP contribution in [-0.4, -0.2) is 13.2 Å². The molecule has 2 aliphatic rings. The number of hydrogen-bond acceptors (Lipinski definition) is 1. The molecule has 3 rings (SSSR count). The third kappa shape index (κ3) is 3.65. The van der Waals surface area contributed by atoms with Crippen LogP contribution in [0.15, 0.2) is 12.1 Å². The SMILES string of the molecule is COC1CCC(C2CCC(c3ccc(C)c(C)c3C)CC2)CC1. The van der Waals surface area contributed by atoms with E-state index in [1.165, 1.54) is 62.5 Å². The Labute approximate surface area is 142 Å². The van der Waals surface area contributed by atoms with Gasteiger partial charge in [-0.25, -0.2) is 0 Å². The van der Waals surface area contributed by atoms with Crippen molar-refractivity contribution in [2.45, 2.75) is 84.2 Å².